The van der Waals surface area contributed by atoms with Gasteiger partial charge in [-0.3, -0.25) is 9.78 Å². The van der Waals surface area contributed by atoms with Crippen LogP contribution in [0.25, 0.3) is 0 Å². The molecule has 0 aliphatic rings. The average molecular weight is 235 g/mol. The molecular formula is C13H21N3O. The summed E-state index contributed by atoms with van der Waals surface area (Å²) >= 11 is 0. The van der Waals surface area contributed by atoms with E-state index >= 15 is 0 Å². The largest absolute Gasteiger partial charge is 0.355 e. The van der Waals surface area contributed by atoms with E-state index in [0.717, 1.165) is 12.1 Å². The predicted octanol–water partition coefficient (Wildman–Crippen LogP) is 1.50. The van der Waals surface area contributed by atoms with Crippen LogP contribution in [0.3, 0.4) is 0 Å². The molecule has 0 bridgehead atoms. The standard InChI is InChI=1S/C13H21N3O/c1-10(2)7-16-13(17)9-15-11(3)12-5-4-6-14-8-12/h4-6,8,10-11,15H,7,9H2,1-3H3,(H,16,17)/t11-/m1/s1. The fraction of sp³-hybridized carbons (Fsp3) is 0.538. The number of carbonyl (C=O) groups excluding carboxylic acids is 1. The van der Waals surface area contributed by atoms with Crippen molar-refractivity contribution in [3.05, 3.63) is 30.1 Å². The van der Waals surface area contributed by atoms with Gasteiger partial charge in [0.2, 0.25) is 5.91 Å². The number of carbonyl (C=O) groups is 1. The Kier molecular flexibility index (Phi) is 5.63. The molecule has 1 heterocycles. The molecule has 0 saturated carbocycles. The first-order chi connectivity index (χ1) is 8.09. The van der Waals surface area contributed by atoms with Gasteiger partial charge in [-0.2, -0.15) is 0 Å². The van der Waals surface area contributed by atoms with E-state index in [-0.39, 0.29) is 11.9 Å². The first-order valence-electron chi connectivity index (χ1n) is 5.99. The molecule has 0 unspecified atom stereocenters. The van der Waals surface area contributed by atoms with Gasteiger partial charge in [0.25, 0.3) is 0 Å². The number of hydrogen-bond donors (Lipinski definition) is 2. The van der Waals surface area contributed by atoms with Crippen molar-refractivity contribution in [3.8, 4) is 0 Å². The Labute approximate surface area is 103 Å². The molecule has 0 aliphatic carbocycles. The number of pyridine rings is 1. The Hall–Kier alpha value is -1.42. The summed E-state index contributed by atoms with van der Waals surface area (Å²) < 4.78 is 0. The highest BCUT2D eigenvalue weighted by Gasteiger charge is 2.07. The Morgan fingerprint density at radius 1 is 1.41 bits per heavy atom. The van der Waals surface area contributed by atoms with Crippen LogP contribution in [0.1, 0.15) is 32.4 Å². The van der Waals surface area contributed by atoms with Gasteiger partial charge in [0.15, 0.2) is 0 Å². The van der Waals surface area contributed by atoms with Gasteiger partial charge in [-0.25, -0.2) is 0 Å². The third kappa shape index (κ3) is 5.45. The average Bonchev–Trinajstić information content (AvgIpc) is 2.34. The van der Waals surface area contributed by atoms with E-state index < -0.39 is 0 Å². The fourth-order valence-corrected chi connectivity index (χ4v) is 1.38. The lowest BCUT2D eigenvalue weighted by Crippen LogP contribution is -2.36. The molecule has 1 aromatic rings. The van der Waals surface area contributed by atoms with Crippen molar-refractivity contribution in [2.45, 2.75) is 26.8 Å². The first-order valence-corrected chi connectivity index (χ1v) is 5.99. The van der Waals surface area contributed by atoms with Crippen molar-refractivity contribution in [1.29, 1.82) is 0 Å². The summed E-state index contributed by atoms with van der Waals surface area (Å²) in [6, 6.07) is 4.02. The summed E-state index contributed by atoms with van der Waals surface area (Å²) in [5.74, 6) is 0.518. The van der Waals surface area contributed by atoms with Crippen molar-refractivity contribution in [2.24, 2.45) is 5.92 Å². The summed E-state index contributed by atoms with van der Waals surface area (Å²) in [4.78, 5) is 15.5. The van der Waals surface area contributed by atoms with E-state index in [1.165, 1.54) is 0 Å². The predicted molar refractivity (Wildman–Crippen MR) is 68.5 cm³/mol. The van der Waals surface area contributed by atoms with Gasteiger partial charge in [-0.15, -0.1) is 0 Å². The van der Waals surface area contributed by atoms with Crippen LogP contribution in [0, 0.1) is 5.92 Å². The zero-order valence-electron chi connectivity index (χ0n) is 10.7. The molecule has 0 aliphatic heterocycles. The molecule has 17 heavy (non-hydrogen) atoms. The number of rotatable bonds is 6. The smallest absolute Gasteiger partial charge is 0.233 e. The normalized spacial score (nSPS) is 12.5. The van der Waals surface area contributed by atoms with Gasteiger partial charge >= 0.3 is 0 Å². The number of aromatic nitrogens is 1. The van der Waals surface area contributed by atoms with Gasteiger partial charge in [-0.1, -0.05) is 19.9 Å². The minimum absolute atomic E-state index is 0.0365. The van der Waals surface area contributed by atoms with Gasteiger partial charge in [0, 0.05) is 25.0 Å². The number of amides is 1. The molecule has 0 aromatic carbocycles. The summed E-state index contributed by atoms with van der Waals surface area (Å²) in [5, 5.41) is 6.04. The Morgan fingerprint density at radius 3 is 2.76 bits per heavy atom. The number of nitrogens with zero attached hydrogens (tertiary/aromatic N) is 1. The molecule has 1 rings (SSSR count). The summed E-state index contributed by atoms with van der Waals surface area (Å²) in [7, 11) is 0. The minimum atomic E-state index is 0.0365. The van der Waals surface area contributed by atoms with Crippen molar-refractivity contribution in [1.82, 2.24) is 15.6 Å². The maximum atomic E-state index is 11.5. The zero-order valence-corrected chi connectivity index (χ0v) is 10.7. The quantitative estimate of drug-likeness (QED) is 0.785. The van der Waals surface area contributed by atoms with E-state index in [2.05, 4.69) is 29.5 Å². The number of nitrogens with one attached hydrogen (secondary N) is 2. The Bertz CT molecular complexity index is 338. The molecule has 1 aromatic heterocycles. The summed E-state index contributed by atoms with van der Waals surface area (Å²) in [6.07, 6.45) is 3.55. The van der Waals surface area contributed by atoms with E-state index in [9.17, 15) is 4.79 Å². The van der Waals surface area contributed by atoms with E-state index in [1.54, 1.807) is 6.20 Å². The Morgan fingerprint density at radius 2 is 2.18 bits per heavy atom. The van der Waals surface area contributed by atoms with Crippen LogP contribution in [0.15, 0.2) is 24.5 Å². The van der Waals surface area contributed by atoms with Gasteiger partial charge in [-0.05, 0) is 24.5 Å². The topological polar surface area (TPSA) is 54.0 Å². The summed E-state index contributed by atoms with van der Waals surface area (Å²) in [6.45, 7) is 7.23. The monoisotopic (exact) mass is 235 g/mol. The SMILES string of the molecule is CC(C)CNC(=O)CN[C@H](C)c1cccnc1. The lowest BCUT2D eigenvalue weighted by molar-refractivity contribution is -0.120. The van der Waals surface area contributed by atoms with Gasteiger partial charge < -0.3 is 10.6 Å². The van der Waals surface area contributed by atoms with Crippen molar-refractivity contribution in [2.75, 3.05) is 13.1 Å². The zero-order chi connectivity index (χ0) is 12.7. The van der Waals surface area contributed by atoms with Crippen LogP contribution in [-0.4, -0.2) is 24.0 Å². The number of hydrogen-bond acceptors (Lipinski definition) is 3. The van der Waals surface area contributed by atoms with Crippen LogP contribution in [0.5, 0.6) is 0 Å². The molecular weight excluding hydrogens is 214 g/mol. The highest BCUT2D eigenvalue weighted by molar-refractivity contribution is 5.78. The third-order valence-electron chi connectivity index (χ3n) is 2.46. The second-order valence-corrected chi connectivity index (χ2v) is 4.59. The van der Waals surface area contributed by atoms with E-state index in [0.29, 0.717) is 12.5 Å². The third-order valence-corrected chi connectivity index (χ3v) is 2.46. The Balaban J connectivity index is 2.29. The second-order valence-electron chi connectivity index (χ2n) is 4.59. The van der Waals surface area contributed by atoms with Crippen LogP contribution < -0.4 is 10.6 Å². The molecule has 1 atom stereocenters. The highest BCUT2D eigenvalue weighted by atomic mass is 16.1. The van der Waals surface area contributed by atoms with Crippen molar-refractivity contribution in [3.63, 3.8) is 0 Å². The minimum Gasteiger partial charge on any atom is -0.355 e. The van der Waals surface area contributed by atoms with Crippen LogP contribution in [-0.2, 0) is 4.79 Å². The second kappa shape index (κ2) is 7.01. The van der Waals surface area contributed by atoms with Gasteiger partial charge in [0.05, 0.1) is 6.54 Å². The lowest BCUT2D eigenvalue weighted by Gasteiger charge is -2.14. The lowest BCUT2D eigenvalue weighted by atomic mass is 10.1. The van der Waals surface area contributed by atoms with Crippen LogP contribution >= 0.6 is 0 Å². The molecule has 2 N–H and O–H groups in total. The van der Waals surface area contributed by atoms with Gasteiger partial charge in [0.1, 0.15) is 0 Å². The summed E-state index contributed by atoms with van der Waals surface area (Å²) in [5.41, 5.74) is 1.09. The molecule has 0 radical (unpaired) electrons. The molecule has 0 spiro atoms. The van der Waals surface area contributed by atoms with E-state index in [4.69, 9.17) is 0 Å². The van der Waals surface area contributed by atoms with Crippen LogP contribution in [0.2, 0.25) is 0 Å². The van der Waals surface area contributed by atoms with Crippen molar-refractivity contribution >= 4 is 5.91 Å². The molecule has 1 amide bonds. The maximum Gasteiger partial charge on any atom is 0.233 e. The molecule has 4 heteroatoms. The highest BCUT2D eigenvalue weighted by Crippen LogP contribution is 2.08. The van der Waals surface area contributed by atoms with Crippen LogP contribution in [0.4, 0.5) is 0 Å². The fourth-order valence-electron chi connectivity index (χ4n) is 1.38. The maximum absolute atomic E-state index is 11.5. The molecule has 0 saturated heterocycles. The molecule has 94 valence electrons. The molecule has 4 nitrogen and oxygen atoms in total. The van der Waals surface area contributed by atoms with Crippen molar-refractivity contribution < 1.29 is 4.79 Å². The van der Waals surface area contributed by atoms with E-state index in [1.807, 2.05) is 25.3 Å². The first kappa shape index (κ1) is 13.6. The molecule has 0 fully saturated rings.